The van der Waals surface area contributed by atoms with Crippen LogP contribution >= 0.6 is 0 Å². The first-order valence-electron chi connectivity index (χ1n) is 4.52. The molecular formula is C9H17NO2. The molecule has 3 N–H and O–H groups in total. The van der Waals surface area contributed by atoms with E-state index in [0.717, 1.165) is 12.8 Å². The van der Waals surface area contributed by atoms with Crippen molar-refractivity contribution in [1.82, 2.24) is 0 Å². The Kier molecular flexibility index (Phi) is 2.73. The number of carboxylic acids is 1. The van der Waals surface area contributed by atoms with Gasteiger partial charge in [0.15, 0.2) is 0 Å². The summed E-state index contributed by atoms with van der Waals surface area (Å²) in [7, 11) is 0. The zero-order chi connectivity index (χ0) is 9.19. The van der Waals surface area contributed by atoms with Crippen molar-refractivity contribution in [1.29, 1.82) is 0 Å². The molecule has 3 nitrogen and oxygen atoms in total. The Bertz CT molecular complexity index is 173. The lowest BCUT2D eigenvalue weighted by atomic mass is 9.82. The maximum absolute atomic E-state index is 10.5. The Morgan fingerprint density at radius 3 is 2.50 bits per heavy atom. The van der Waals surface area contributed by atoms with E-state index in [1.807, 2.05) is 0 Å². The van der Waals surface area contributed by atoms with Gasteiger partial charge in [0.25, 0.3) is 0 Å². The lowest BCUT2D eigenvalue weighted by Crippen LogP contribution is -2.35. The molecule has 0 aromatic heterocycles. The third-order valence-corrected chi connectivity index (χ3v) is 2.84. The van der Waals surface area contributed by atoms with E-state index in [9.17, 15) is 4.79 Å². The average Bonchev–Trinajstić information content (AvgIpc) is 2.35. The number of rotatable bonds is 3. The van der Waals surface area contributed by atoms with E-state index in [4.69, 9.17) is 10.8 Å². The molecule has 1 fully saturated rings. The topological polar surface area (TPSA) is 63.3 Å². The molecule has 70 valence electrons. The molecule has 1 aliphatic rings. The van der Waals surface area contributed by atoms with Gasteiger partial charge in [0.2, 0.25) is 0 Å². The van der Waals surface area contributed by atoms with Crippen molar-refractivity contribution >= 4 is 5.97 Å². The maximum Gasteiger partial charge on any atom is 0.320 e. The minimum atomic E-state index is -0.872. The van der Waals surface area contributed by atoms with Gasteiger partial charge in [0.05, 0.1) is 0 Å². The number of nitrogens with two attached hydrogens (primary N) is 1. The number of carboxylic acid groups (broad SMARTS) is 1. The highest BCUT2D eigenvalue weighted by Crippen LogP contribution is 2.40. The van der Waals surface area contributed by atoms with Gasteiger partial charge in [-0.15, -0.1) is 0 Å². The summed E-state index contributed by atoms with van der Waals surface area (Å²) in [5.41, 5.74) is 5.67. The summed E-state index contributed by atoms with van der Waals surface area (Å²) in [5.74, 6) is -0.872. The van der Waals surface area contributed by atoms with E-state index < -0.39 is 12.0 Å². The van der Waals surface area contributed by atoms with Gasteiger partial charge < -0.3 is 10.8 Å². The first kappa shape index (κ1) is 9.52. The van der Waals surface area contributed by atoms with Crippen molar-refractivity contribution in [2.45, 2.75) is 45.1 Å². The van der Waals surface area contributed by atoms with Gasteiger partial charge in [-0.2, -0.15) is 0 Å². The van der Waals surface area contributed by atoms with Crippen LogP contribution in [0.25, 0.3) is 0 Å². The van der Waals surface area contributed by atoms with Crippen molar-refractivity contribution in [3.63, 3.8) is 0 Å². The smallest absolute Gasteiger partial charge is 0.320 e. The predicted octanol–water partition coefficient (Wildman–Crippen LogP) is 1.37. The first-order chi connectivity index (χ1) is 5.53. The summed E-state index contributed by atoms with van der Waals surface area (Å²) in [6.45, 7) is 2.14. The van der Waals surface area contributed by atoms with E-state index in [2.05, 4.69) is 6.92 Å². The lowest BCUT2D eigenvalue weighted by molar-refractivity contribution is -0.139. The van der Waals surface area contributed by atoms with Crippen molar-refractivity contribution < 1.29 is 9.90 Å². The highest BCUT2D eigenvalue weighted by atomic mass is 16.4. The fraction of sp³-hybridized carbons (Fsp3) is 0.889. The molecule has 1 unspecified atom stereocenters. The monoisotopic (exact) mass is 171 g/mol. The van der Waals surface area contributed by atoms with Crippen LogP contribution in [0.4, 0.5) is 0 Å². The van der Waals surface area contributed by atoms with Crippen molar-refractivity contribution in [3.8, 4) is 0 Å². The Hall–Kier alpha value is -0.570. The molecule has 0 aliphatic heterocycles. The molecule has 1 rings (SSSR count). The summed E-state index contributed by atoms with van der Waals surface area (Å²) in [4.78, 5) is 10.5. The molecule has 0 aromatic carbocycles. The van der Waals surface area contributed by atoms with Crippen LogP contribution in [0.1, 0.15) is 39.0 Å². The standard InChI is InChI=1S/C9H17NO2/c1-9(4-2-3-5-9)6-7(10)8(11)12/h7H,2-6,10H2,1H3,(H,11,12). The number of hydrogen-bond acceptors (Lipinski definition) is 2. The minimum Gasteiger partial charge on any atom is -0.480 e. The summed E-state index contributed by atoms with van der Waals surface area (Å²) >= 11 is 0. The predicted molar refractivity (Wildman–Crippen MR) is 46.8 cm³/mol. The van der Waals surface area contributed by atoms with Crippen LogP contribution in [0.2, 0.25) is 0 Å². The van der Waals surface area contributed by atoms with Gasteiger partial charge >= 0.3 is 5.97 Å². The highest BCUT2D eigenvalue weighted by molar-refractivity contribution is 5.73. The minimum absolute atomic E-state index is 0.192. The third kappa shape index (κ3) is 2.21. The zero-order valence-electron chi connectivity index (χ0n) is 7.55. The molecule has 0 amide bonds. The Morgan fingerprint density at radius 2 is 2.08 bits per heavy atom. The Morgan fingerprint density at radius 1 is 1.58 bits per heavy atom. The van der Waals surface area contributed by atoms with Crippen molar-refractivity contribution in [2.75, 3.05) is 0 Å². The first-order valence-corrected chi connectivity index (χ1v) is 4.52. The summed E-state index contributed by atoms with van der Waals surface area (Å²) in [6, 6.07) is -0.673. The van der Waals surface area contributed by atoms with Crippen molar-refractivity contribution in [2.24, 2.45) is 11.1 Å². The van der Waals surface area contributed by atoms with Gasteiger partial charge in [-0.1, -0.05) is 19.8 Å². The Labute approximate surface area is 72.9 Å². The molecule has 0 bridgehead atoms. The van der Waals surface area contributed by atoms with Crippen LogP contribution in [0, 0.1) is 5.41 Å². The van der Waals surface area contributed by atoms with Gasteiger partial charge in [-0.05, 0) is 24.7 Å². The van der Waals surface area contributed by atoms with Crippen molar-refractivity contribution in [3.05, 3.63) is 0 Å². The normalized spacial score (nSPS) is 23.8. The van der Waals surface area contributed by atoms with Crippen LogP contribution in [0.3, 0.4) is 0 Å². The fourth-order valence-corrected chi connectivity index (χ4v) is 2.05. The zero-order valence-corrected chi connectivity index (χ0v) is 7.55. The summed E-state index contributed by atoms with van der Waals surface area (Å²) in [5, 5.41) is 8.63. The number of aliphatic carboxylic acids is 1. The molecule has 1 aliphatic carbocycles. The molecule has 0 radical (unpaired) electrons. The second-order valence-electron chi connectivity index (χ2n) is 4.17. The second kappa shape index (κ2) is 3.44. The van der Waals surface area contributed by atoms with Crippen LogP contribution < -0.4 is 5.73 Å². The molecular weight excluding hydrogens is 154 g/mol. The number of hydrogen-bond donors (Lipinski definition) is 2. The molecule has 0 aromatic rings. The molecule has 0 heterocycles. The Balaban J connectivity index is 2.43. The lowest BCUT2D eigenvalue weighted by Gasteiger charge is -2.25. The van der Waals surface area contributed by atoms with E-state index in [-0.39, 0.29) is 5.41 Å². The van der Waals surface area contributed by atoms with E-state index in [0.29, 0.717) is 6.42 Å². The van der Waals surface area contributed by atoms with Gasteiger partial charge in [-0.3, -0.25) is 4.79 Å². The second-order valence-corrected chi connectivity index (χ2v) is 4.17. The molecule has 1 saturated carbocycles. The van der Waals surface area contributed by atoms with E-state index in [1.54, 1.807) is 0 Å². The number of carbonyl (C=O) groups is 1. The van der Waals surface area contributed by atoms with E-state index in [1.165, 1.54) is 12.8 Å². The third-order valence-electron chi connectivity index (χ3n) is 2.84. The van der Waals surface area contributed by atoms with Gasteiger partial charge in [-0.25, -0.2) is 0 Å². The average molecular weight is 171 g/mol. The van der Waals surface area contributed by atoms with Crippen LogP contribution in [0.5, 0.6) is 0 Å². The van der Waals surface area contributed by atoms with Gasteiger partial charge in [0.1, 0.15) is 6.04 Å². The molecule has 0 spiro atoms. The summed E-state index contributed by atoms with van der Waals surface area (Å²) < 4.78 is 0. The van der Waals surface area contributed by atoms with Gasteiger partial charge in [0, 0.05) is 0 Å². The SMILES string of the molecule is CC1(CC(N)C(=O)O)CCCC1. The maximum atomic E-state index is 10.5. The fourth-order valence-electron chi connectivity index (χ4n) is 2.05. The van der Waals surface area contributed by atoms with Crippen LogP contribution in [0.15, 0.2) is 0 Å². The van der Waals surface area contributed by atoms with E-state index >= 15 is 0 Å². The molecule has 3 heteroatoms. The molecule has 12 heavy (non-hydrogen) atoms. The molecule has 0 saturated heterocycles. The quantitative estimate of drug-likeness (QED) is 0.674. The van der Waals surface area contributed by atoms with Crippen LogP contribution in [-0.2, 0) is 4.79 Å². The summed E-state index contributed by atoms with van der Waals surface area (Å²) in [6.07, 6.45) is 5.34. The highest BCUT2D eigenvalue weighted by Gasteiger charge is 2.32. The largest absolute Gasteiger partial charge is 0.480 e. The van der Waals surface area contributed by atoms with Crippen LogP contribution in [-0.4, -0.2) is 17.1 Å². The molecule has 1 atom stereocenters.